The zero-order valence-electron chi connectivity index (χ0n) is 10.5. The molecule has 0 radical (unpaired) electrons. The van der Waals surface area contributed by atoms with Gasteiger partial charge in [0.25, 0.3) is 5.91 Å². The van der Waals surface area contributed by atoms with Crippen molar-refractivity contribution >= 4 is 15.9 Å². The summed E-state index contributed by atoms with van der Waals surface area (Å²) in [5, 5.41) is 8.48. The molecule has 0 aliphatic carbocycles. The number of amides is 1. The third kappa shape index (κ3) is 4.31. The summed E-state index contributed by atoms with van der Waals surface area (Å²) in [7, 11) is -2.17. The van der Waals surface area contributed by atoms with E-state index in [1.165, 1.54) is 23.9 Å². The maximum Gasteiger partial charge on any atom is 0.265 e. The second-order valence-corrected chi connectivity index (χ2v) is 5.54. The molecular formula is C10H17N3O5S. The average Bonchev–Trinajstić information content (AvgIpc) is 2.72. The van der Waals surface area contributed by atoms with Crippen molar-refractivity contribution < 1.29 is 23.1 Å². The molecule has 0 aliphatic rings. The molecule has 1 rings (SSSR count). The Morgan fingerprint density at radius 2 is 2.21 bits per heavy atom. The summed E-state index contributed by atoms with van der Waals surface area (Å²) in [6.07, 6.45) is 1.30. The van der Waals surface area contributed by atoms with Crippen LogP contribution in [0, 0.1) is 0 Å². The van der Waals surface area contributed by atoms with Crippen LogP contribution < -0.4 is 10.5 Å². The number of ether oxygens (including phenoxy) is 1. The van der Waals surface area contributed by atoms with Crippen molar-refractivity contribution in [2.24, 2.45) is 12.8 Å². The van der Waals surface area contributed by atoms with E-state index in [4.69, 9.17) is 15.6 Å². The third-order valence-corrected chi connectivity index (χ3v) is 3.74. The number of aromatic nitrogens is 1. The Labute approximate surface area is 111 Å². The highest BCUT2D eigenvalue weighted by molar-refractivity contribution is 7.89. The minimum Gasteiger partial charge on any atom is -0.394 e. The zero-order chi connectivity index (χ0) is 14.5. The Kier molecular flexibility index (Phi) is 5.48. The Morgan fingerprint density at radius 3 is 2.74 bits per heavy atom. The van der Waals surface area contributed by atoms with Gasteiger partial charge < -0.3 is 20.1 Å². The molecule has 8 nitrogen and oxygen atoms in total. The number of primary amides is 1. The molecule has 0 aliphatic heterocycles. The molecule has 0 atom stereocenters. The van der Waals surface area contributed by atoms with Crippen LogP contribution in [0.2, 0.25) is 0 Å². The van der Waals surface area contributed by atoms with E-state index < -0.39 is 15.9 Å². The molecule has 0 fully saturated rings. The van der Waals surface area contributed by atoms with Crippen LogP contribution in [0.4, 0.5) is 0 Å². The Balaban J connectivity index is 2.67. The fraction of sp³-hybridized carbons (Fsp3) is 0.500. The van der Waals surface area contributed by atoms with Gasteiger partial charge >= 0.3 is 0 Å². The van der Waals surface area contributed by atoms with Crippen LogP contribution >= 0.6 is 0 Å². The lowest BCUT2D eigenvalue weighted by Crippen LogP contribution is -2.27. The lowest BCUT2D eigenvalue weighted by molar-refractivity contribution is 0.0961. The van der Waals surface area contributed by atoms with E-state index in [-0.39, 0.29) is 37.0 Å². The number of nitrogens with zero attached hydrogens (tertiary/aromatic N) is 1. The largest absolute Gasteiger partial charge is 0.394 e. The molecule has 1 heterocycles. The first-order valence-electron chi connectivity index (χ1n) is 5.53. The standard InChI is InChI=1S/C10H17N3O5S/c1-13-7-8(6-9(13)10(11)15)19(16,17)12-2-4-18-5-3-14/h6-7,12,14H,2-5H2,1H3,(H2,11,15). The maximum absolute atomic E-state index is 11.9. The Morgan fingerprint density at radius 1 is 1.53 bits per heavy atom. The highest BCUT2D eigenvalue weighted by Crippen LogP contribution is 2.12. The monoisotopic (exact) mass is 291 g/mol. The topological polar surface area (TPSA) is 124 Å². The number of rotatable bonds is 8. The van der Waals surface area contributed by atoms with E-state index in [0.717, 1.165) is 0 Å². The summed E-state index contributed by atoms with van der Waals surface area (Å²) in [5.41, 5.74) is 5.22. The van der Waals surface area contributed by atoms with Crippen molar-refractivity contribution in [3.8, 4) is 0 Å². The van der Waals surface area contributed by atoms with Gasteiger partial charge in [-0.25, -0.2) is 13.1 Å². The minimum atomic E-state index is -3.70. The molecule has 0 bridgehead atoms. The van der Waals surface area contributed by atoms with E-state index >= 15 is 0 Å². The van der Waals surface area contributed by atoms with Crippen LogP contribution in [0.15, 0.2) is 17.2 Å². The van der Waals surface area contributed by atoms with Crippen LogP contribution in [0.3, 0.4) is 0 Å². The number of sulfonamides is 1. The number of nitrogens with one attached hydrogen (secondary N) is 1. The van der Waals surface area contributed by atoms with Crippen LogP contribution in [0.25, 0.3) is 0 Å². The lowest BCUT2D eigenvalue weighted by atomic mass is 10.4. The minimum absolute atomic E-state index is 0.0361. The summed E-state index contributed by atoms with van der Waals surface area (Å²) in [5.74, 6) is -0.699. The van der Waals surface area contributed by atoms with Gasteiger partial charge in [0.1, 0.15) is 10.6 Å². The van der Waals surface area contributed by atoms with E-state index in [2.05, 4.69) is 4.72 Å². The third-order valence-electron chi connectivity index (χ3n) is 2.32. The summed E-state index contributed by atoms with van der Waals surface area (Å²) < 4.78 is 32.3. The molecular weight excluding hydrogens is 274 g/mol. The zero-order valence-corrected chi connectivity index (χ0v) is 11.3. The normalized spacial score (nSPS) is 11.7. The molecule has 0 saturated heterocycles. The van der Waals surface area contributed by atoms with Crippen molar-refractivity contribution in [2.45, 2.75) is 4.90 Å². The van der Waals surface area contributed by atoms with Crippen LogP contribution in [-0.4, -0.2) is 50.4 Å². The lowest BCUT2D eigenvalue weighted by Gasteiger charge is -2.05. The first-order valence-corrected chi connectivity index (χ1v) is 7.01. The van der Waals surface area contributed by atoms with E-state index in [1.54, 1.807) is 0 Å². The summed E-state index contributed by atoms with van der Waals surface area (Å²) in [6, 6.07) is 1.21. The second-order valence-electron chi connectivity index (χ2n) is 3.77. The highest BCUT2D eigenvalue weighted by Gasteiger charge is 2.18. The van der Waals surface area contributed by atoms with Gasteiger partial charge in [0.15, 0.2) is 0 Å². The van der Waals surface area contributed by atoms with E-state index in [1.807, 2.05) is 0 Å². The van der Waals surface area contributed by atoms with Gasteiger partial charge in [-0.1, -0.05) is 0 Å². The predicted molar refractivity (Wildman–Crippen MR) is 67.0 cm³/mol. The number of aliphatic hydroxyl groups is 1. The molecule has 1 aromatic rings. The molecule has 19 heavy (non-hydrogen) atoms. The van der Waals surface area contributed by atoms with E-state index in [9.17, 15) is 13.2 Å². The van der Waals surface area contributed by atoms with Crippen molar-refractivity contribution in [2.75, 3.05) is 26.4 Å². The number of hydrogen-bond acceptors (Lipinski definition) is 5. The fourth-order valence-corrected chi connectivity index (χ4v) is 2.51. The Hall–Kier alpha value is -1.42. The van der Waals surface area contributed by atoms with Gasteiger partial charge in [-0.15, -0.1) is 0 Å². The van der Waals surface area contributed by atoms with Crippen molar-refractivity contribution in [1.29, 1.82) is 0 Å². The molecule has 0 saturated carbocycles. The molecule has 4 N–H and O–H groups in total. The number of carbonyl (C=O) groups excluding carboxylic acids is 1. The van der Waals surface area contributed by atoms with E-state index in [0.29, 0.717) is 0 Å². The number of carbonyl (C=O) groups is 1. The van der Waals surface area contributed by atoms with Gasteiger partial charge in [-0.2, -0.15) is 0 Å². The highest BCUT2D eigenvalue weighted by atomic mass is 32.2. The van der Waals surface area contributed by atoms with Crippen LogP contribution in [-0.2, 0) is 21.8 Å². The van der Waals surface area contributed by atoms with Gasteiger partial charge in [0.05, 0.1) is 19.8 Å². The van der Waals surface area contributed by atoms with Crippen molar-refractivity contribution in [3.63, 3.8) is 0 Å². The molecule has 0 aromatic carbocycles. The van der Waals surface area contributed by atoms with Crippen molar-refractivity contribution in [1.82, 2.24) is 9.29 Å². The van der Waals surface area contributed by atoms with Crippen LogP contribution in [0.1, 0.15) is 10.5 Å². The van der Waals surface area contributed by atoms with Gasteiger partial charge in [0, 0.05) is 19.8 Å². The molecule has 0 unspecified atom stereocenters. The second kappa shape index (κ2) is 6.66. The molecule has 108 valence electrons. The average molecular weight is 291 g/mol. The number of nitrogens with two attached hydrogens (primary N) is 1. The number of aliphatic hydroxyl groups excluding tert-OH is 1. The molecule has 1 amide bonds. The first-order chi connectivity index (χ1) is 8.88. The van der Waals surface area contributed by atoms with Crippen molar-refractivity contribution in [3.05, 3.63) is 18.0 Å². The molecule has 0 spiro atoms. The summed E-state index contributed by atoms with van der Waals surface area (Å²) >= 11 is 0. The quantitative estimate of drug-likeness (QED) is 0.498. The predicted octanol–water partition coefficient (Wildman–Crippen LogP) is -1.59. The summed E-state index contributed by atoms with van der Waals surface area (Å²) in [4.78, 5) is 11.0. The fourth-order valence-electron chi connectivity index (χ4n) is 1.42. The summed E-state index contributed by atoms with van der Waals surface area (Å²) in [6.45, 7) is 0.255. The number of hydrogen-bond donors (Lipinski definition) is 3. The van der Waals surface area contributed by atoms with Gasteiger partial charge in [-0.3, -0.25) is 4.79 Å². The van der Waals surface area contributed by atoms with Crippen LogP contribution in [0.5, 0.6) is 0 Å². The SMILES string of the molecule is Cn1cc(S(=O)(=O)NCCOCCO)cc1C(N)=O. The number of aryl methyl sites for hydroxylation is 1. The first kappa shape index (κ1) is 15.6. The smallest absolute Gasteiger partial charge is 0.265 e. The van der Waals surface area contributed by atoms with Gasteiger partial charge in [0.2, 0.25) is 10.0 Å². The molecule has 9 heteroatoms. The molecule has 1 aromatic heterocycles. The Bertz CT molecular complexity index is 537. The van der Waals surface area contributed by atoms with Gasteiger partial charge in [-0.05, 0) is 6.07 Å². The maximum atomic E-state index is 11.9.